The molecular formula is C11H23N. The fraction of sp³-hybridized carbons (Fsp3) is 1.00. The van der Waals surface area contributed by atoms with E-state index >= 15 is 0 Å². The first-order valence-corrected chi connectivity index (χ1v) is 5.44. The Labute approximate surface area is 76.7 Å². The molecule has 1 unspecified atom stereocenters. The number of hydrogen-bond donors (Lipinski definition) is 1. The van der Waals surface area contributed by atoms with Gasteiger partial charge in [0.15, 0.2) is 0 Å². The molecule has 0 aromatic heterocycles. The number of hydrogen-bond acceptors (Lipinski definition) is 1. The van der Waals surface area contributed by atoms with Crippen LogP contribution in [0.15, 0.2) is 0 Å². The Morgan fingerprint density at radius 2 is 1.83 bits per heavy atom. The van der Waals surface area contributed by atoms with Crippen LogP contribution >= 0.6 is 0 Å². The summed E-state index contributed by atoms with van der Waals surface area (Å²) >= 11 is 0. The van der Waals surface area contributed by atoms with Gasteiger partial charge in [0, 0.05) is 6.04 Å². The number of rotatable bonds is 3. The van der Waals surface area contributed by atoms with Crippen molar-refractivity contribution >= 4 is 0 Å². The predicted octanol–water partition coefficient (Wildman–Crippen LogP) is 3.08. The summed E-state index contributed by atoms with van der Waals surface area (Å²) in [5, 5.41) is 0. The molecule has 0 bridgehead atoms. The zero-order valence-electron chi connectivity index (χ0n) is 8.60. The van der Waals surface area contributed by atoms with Crippen LogP contribution in [0, 0.1) is 5.41 Å². The minimum atomic E-state index is 0.447. The lowest BCUT2D eigenvalue weighted by atomic mass is 9.70. The van der Waals surface area contributed by atoms with Gasteiger partial charge in [0.05, 0.1) is 0 Å². The molecule has 0 saturated heterocycles. The van der Waals surface area contributed by atoms with E-state index in [2.05, 4.69) is 13.8 Å². The zero-order chi connectivity index (χ0) is 9.03. The Kier molecular flexibility index (Phi) is 3.57. The van der Waals surface area contributed by atoms with E-state index in [-0.39, 0.29) is 0 Å². The third kappa shape index (κ3) is 2.22. The molecule has 0 aromatic rings. The van der Waals surface area contributed by atoms with Gasteiger partial charge in [-0.05, 0) is 24.7 Å². The van der Waals surface area contributed by atoms with Gasteiger partial charge in [0.2, 0.25) is 0 Å². The molecule has 1 rings (SSSR count). The van der Waals surface area contributed by atoms with Crippen LogP contribution in [0.25, 0.3) is 0 Å². The van der Waals surface area contributed by atoms with Gasteiger partial charge in [-0.25, -0.2) is 0 Å². The molecule has 1 nitrogen and oxygen atoms in total. The van der Waals surface area contributed by atoms with Crippen LogP contribution in [-0.4, -0.2) is 6.04 Å². The third-order valence-electron chi connectivity index (χ3n) is 3.49. The van der Waals surface area contributed by atoms with Crippen molar-refractivity contribution in [1.82, 2.24) is 0 Å². The Balaban J connectivity index is 2.44. The van der Waals surface area contributed by atoms with Crippen molar-refractivity contribution < 1.29 is 0 Å². The highest BCUT2D eigenvalue weighted by molar-refractivity contribution is 4.87. The highest BCUT2D eigenvalue weighted by atomic mass is 14.7. The lowest BCUT2D eigenvalue weighted by Crippen LogP contribution is -2.40. The Morgan fingerprint density at radius 1 is 1.25 bits per heavy atom. The van der Waals surface area contributed by atoms with Gasteiger partial charge in [0.25, 0.3) is 0 Å². The van der Waals surface area contributed by atoms with Crippen LogP contribution < -0.4 is 5.73 Å². The molecule has 0 amide bonds. The minimum Gasteiger partial charge on any atom is -0.327 e. The summed E-state index contributed by atoms with van der Waals surface area (Å²) in [7, 11) is 0. The largest absolute Gasteiger partial charge is 0.327 e. The van der Waals surface area contributed by atoms with Crippen molar-refractivity contribution in [3.8, 4) is 0 Å². The highest BCUT2D eigenvalue weighted by Crippen LogP contribution is 2.39. The van der Waals surface area contributed by atoms with Gasteiger partial charge in [-0.1, -0.05) is 39.5 Å². The standard InChI is InChI=1S/C11H23N/c1-3-7-10(12)11(2)8-5-4-6-9-11/h10H,3-9,12H2,1-2H3. The summed E-state index contributed by atoms with van der Waals surface area (Å²) in [6, 6.07) is 0.447. The van der Waals surface area contributed by atoms with Gasteiger partial charge in [0.1, 0.15) is 0 Å². The molecule has 12 heavy (non-hydrogen) atoms. The van der Waals surface area contributed by atoms with E-state index in [9.17, 15) is 0 Å². The van der Waals surface area contributed by atoms with E-state index < -0.39 is 0 Å². The van der Waals surface area contributed by atoms with Crippen molar-refractivity contribution in [1.29, 1.82) is 0 Å². The molecule has 72 valence electrons. The SMILES string of the molecule is CCCC(N)C1(C)CCCCC1. The molecule has 0 heterocycles. The van der Waals surface area contributed by atoms with E-state index in [1.54, 1.807) is 0 Å². The predicted molar refractivity (Wildman–Crippen MR) is 54.1 cm³/mol. The molecule has 0 spiro atoms. The monoisotopic (exact) mass is 169 g/mol. The van der Waals surface area contributed by atoms with Crippen LogP contribution in [0.4, 0.5) is 0 Å². The molecule has 0 radical (unpaired) electrons. The van der Waals surface area contributed by atoms with E-state index in [4.69, 9.17) is 5.73 Å². The van der Waals surface area contributed by atoms with Crippen LogP contribution in [-0.2, 0) is 0 Å². The lowest BCUT2D eigenvalue weighted by molar-refractivity contribution is 0.162. The van der Waals surface area contributed by atoms with Crippen molar-refractivity contribution in [3.63, 3.8) is 0 Å². The normalized spacial score (nSPS) is 25.2. The topological polar surface area (TPSA) is 26.0 Å². The van der Waals surface area contributed by atoms with E-state index in [1.807, 2.05) is 0 Å². The molecular weight excluding hydrogens is 146 g/mol. The van der Waals surface area contributed by atoms with E-state index in [0.29, 0.717) is 11.5 Å². The summed E-state index contributed by atoms with van der Waals surface area (Å²) < 4.78 is 0. The first-order chi connectivity index (χ1) is 5.69. The van der Waals surface area contributed by atoms with Gasteiger partial charge < -0.3 is 5.73 Å². The van der Waals surface area contributed by atoms with Crippen LogP contribution in [0.5, 0.6) is 0 Å². The first-order valence-electron chi connectivity index (χ1n) is 5.44. The fourth-order valence-electron chi connectivity index (χ4n) is 2.39. The Bertz CT molecular complexity index is 125. The van der Waals surface area contributed by atoms with Crippen molar-refractivity contribution in [2.75, 3.05) is 0 Å². The Hall–Kier alpha value is -0.0400. The van der Waals surface area contributed by atoms with Crippen molar-refractivity contribution in [3.05, 3.63) is 0 Å². The second-order valence-electron chi connectivity index (χ2n) is 4.61. The highest BCUT2D eigenvalue weighted by Gasteiger charge is 2.32. The minimum absolute atomic E-state index is 0.447. The molecule has 1 heteroatoms. The second kappa shape index (κ2) is 4.27. The molecule has 2 N–H and O–H groups in total. The van der Waals surface area contributed by atoms with Crippen LogP contribution in [0.2, 0.25) is 0 Å². The quantitative estimate of drug-likeness (QED) is 0.690. The molecule has 1 aliphatic rings. The van der Waals surface area contributed by atoms with Crippen molar-refractivity contribution in [2.45, 2.75) is 64.8 Å². The molecule has 0 aliphatic heterocycles. The molecule has 1 saturated carbocycles. The smallest absolute Gasteiger partial charge is 0.00928 e. The second-order valence-corrected chi connectivity index (χ2v) is 4.61. The van der Waals surface area contributed by atoms with Gasteiger partial charge >= 0.3 is 0 Å². The zero-order valence-corrected chi connectivity index (χ0v) is 8.60. The molecule has 1 fully saturated rings. The lowest BCUT2D eigenvalue weighted by Gasteiger charge is -2.38. The summed E-state index contributed by atoms with van der Waals surface area (Å²) in [6.45, 7) is 4.61. The van der Waals surface area contributed by atoms with Crippen LogP contribution in [0.3, 0.4) is 0 Å². The average molecular weight is 169 g/mol. The third-order valence-corrected chi connectivity index (χ3v) is 3.49. The summed E-state index contributed by atoms with van der Waals surface area (Å²) in [5.74, 6) is 0. The van der Waals surface area contributed by atoms with Gasteiger partial charge in [-0.15, -0.1) is 0 Å². The molecule has 0 aromatic carbocycles. The molecule has 1 atom stereocenters. The van der Waals surface area contributed by atoms with Gasteiger partial charge in [-0.2, -0.15) is 0 Å². The van der Waals surface area contributed by atoms with E-state index in [1.165, 1.54) is 44.9 Å². The maximum atomic E-state index is 6.19. The van der Waals surface area contributed by atoms with Crippen LogP contribution in [0.1, 0.15) is 58.8 Å². The van der Waals surface area contributed by atoms with E-state index in [0.717, 1.165) is 0 Å². The maximum absolute atomic E-state index is 6.19. The summed E-state index contributed by atoms with van der Waals surface area (Å²) in [4.78, 5) is 0. The summed E-state index contributed by atoms with van der Waals surface area (Å²) in [6.07, 6.45) is 9.37. The average Bonchev–Trinajstić information content (AvgIpc) is 2.06. The van der Waals surface area contributed by atoms with Crippen molar-refractivity contribution in [2.24, 2.45) is 11.1 Å². The fourth-order valence-corrected chi connectivity index (χ4v) is 2.39. The Morgan fingerprint density at radius 3 is 2.33 bits per heavy atom. The van der Waals surface area contributed by atoms with Gasteiger partial charge in [-0.3, -0.25) is 0 Å². The first kappa shape index (κ1) is 10.0. The maximum Gasteiger partial charge on any atom is 0.00928 e. The number of nitrogens with two attached hydrogens (primary N) is 1. The molecule has 1 aliphatic carbocycles. The summed E-state index contributed by atoms with van der Waals surface area (Å²) in [5.41, 5.74) is 6.66.